The molecule has 0 spiro atoms. The van der Waals surface area contributed by atoms with Gasteiger partial charge in [0, 0.05) is 42.3 Å². The molecule has 1 saturated heterocycles. The van der Waals surface area contributed by atoms with Crippen molar-refractivity contribution in [3.63, 3.8) is 0 Å². The molecule has 18 heavy (non-hydrogen) atoms. The van der Waals surface area contributed by atoms with E-state index in [1.807, 2.05) is 0 Å². The second-order valence-electron chi connectivity index (χ2n) is 4.87. The Balaban J connectivity index is 2.17. The molecule has 1 aliphatic heterocycles. The first-order valence-electron chi connectivity index (χ1n) is 5.88. The zero-order valence-electron chi connectivity index (χ0n) is 10.2. The molecule has 2 unspecified atom stereocenters. The highest BCUT2D eigenvalue weighted by atomic mass is 35.5. The zero-order chi connectivity index (χ0) is 13.3. The van der Waals surface area contributed by atoms with Crippen molar-refractivity contribution in [2.45, 2.75) is 19.5 Å². The fourth-order valence-electron chi connectivity index (χ4n) is 2.31. The van der Waals surface area contributed by atoms with Crippen molar-refractivity contribution in [1.82, 2.24) is 4.90 Å². The summed E-state index contributed by atoms with van der Waals surface area (Å²) >= 11 is 5.79. The van der Waals surface area contributed by atoms with Gasteiger partial charge in [-0.3, -0.25) is 15.0 Å². The van der Waals surface area contributed by atoms with Crippen LogP contribution in [0, 0.1) is 16.0 Å². The van der Waals surface area contributed by atoms with Gasteiger partial charge in [0.1, 0.15) is 0 Å². The second-order valence-corrected chi connectivity index (χ2v) is 5.30. The SMILES string of the molecule is CC1CN(Cc2ccc(Cl)cc2[N+](=O)[O-])CC1N. The Morgan fingerprint density at radius 3 is 2.83 bits per heavy atom. The number of nitrogens with two attached hydrogens (primary N) is 1. The van der Waals surface area contributed by atoms with Gasteiger partial charge in [-0.05, 0) is 18.1 Å². The molecule has 0 bridgehead atoms. The van der Waals surface area contributed by atoms with Gasteiger partial charge in [-0.2, -0.15) is 0 Å². The van der Waals surface area contributed by atoms with Gasteiger partial charge in [0.25, 0.3) is 5.69 Å². The molecule has 6 heteroatoms. The van der Waals surface area contributed by atoms with Crippen molar-refractivity contribution in [3.05, 3.63) is 38.9 Å². The van der Waals surface area contributed by atoms with E-state index in [0.29, 0.717) is 23.0 Å². The van der Waals surface area contributed by atoms with Gasteiger partial charge >= 0.3 is 0 Å². The van der Waals surface area contributed by atoms with Crippen LogP contribution >= 0.6 is 11.6 Å². The van der Waals surface area contributed by atoms with Crippen molar-refractivity contribution in [1.29, 1.82) is 0 Å². The third kappa shape index (κ3) is 2.80. The number of nitro groups is 1. The van der Waals surface area contributed by atoms with E-state index in [4.69, 9.17) is 17.3 Å². The molecule has 0 amide bonds. The average molecular weight is 270 g/mol. The van der Waals surface area contributed by atoms with E-state index in [9.17, 15) is 10.1 Å². The Morgan fingerprint density at radius 2 is 2.28 bits per heavy atom. The average Bonchev–Trinajstić information content (AvgIpc) is 2.60. The fourth-order valence-corrected chi connectivity index (χ4v) is 2.47. The molecule has 2 atom stereocenters. The summed E-state index contributed by atoms with van der Waals surface area (Å²) in [4.78, 5) is 12.7. The van der Waals surface area contributed by atoms with Crippen molar-refractivity contribution in [2.75, 3.05) is 13.1 Å². The molecule has 2 N–H and O–H groups in total. The lowest BCUT2D eigenvalue weighted by Crippen LogP contribution is -2.28. The summed E-state index contributed by atoms with van der Waals surface area (Å²) in [7, 11) is 0. The highest BCUT2D eigenvalue weighted by Crippen LogP contribution is 2.26. The van der Waals surface area contributed by atoms with Gasteiger partial charge in [0.05, 0.1) is 4.92 Å². The number of likely N-dealkylation sites (tertiary alicyclic amines) is 1. The largest absolute Gasteiger partial charge is 0.326 e. The molecule has 1 aromatic rings. The number of hydrogen-bond donors (Lipinski definition) is 1. The first-order chi connectivity index (χ1) is 8.47. The van der Waals surface area contributed by atoms with Crippen LogP contribution in [0.4, 0.5) is 5.69 Å². The van der Waals surface area contributed by atoms with Crippen LogP contribution in [0.1, 0.15) is 12.5 Å². The molecular weight excluding hydrogens is 254 g/mol. The van der Waals surface area contributed by atoms with Gasteiger partial charge in [0.2, 0.25) is 0 Å². The summed E-state index contributed by atoms with van der Waals surface area (Å²) < 4.78 is 0. The van der Waals surface area contributed by atoms with Crippen LogP contribution in [0.2, 0.25) is 5.02 Å². The van der Waals surface area contributed by atoms with Crippen molar-refractivity contribution < 1.29 is 4.92 Å². The van der Waals surface area contributed by atoms with Gasteiger partial charge in [-0.25, -0.2) is 0 Å². The van der Waals surface area contributed by atoms with Crippen LogP contribution < -0.4 is 5.73 Å². The topological polar surface area (TPSA) is 72.4 Å². The first kappa shape index (κ1) is 13.3. The van der Waals surface area contributed by atoms with Crippen molar-refractivity contribution in [2.24, 2.45) is 11.7 Å². The van der Waals surface area contributed by atoms with E-state index in [-0.39, 0.29) is 16.7 Å². The molecule has 0 saturated carbocycles. The predicted octanol–water partition coefficient (Wildman–Crippen LogP) is 2.03. The maximum absolute atomic E-state index is 11.0. The zero-order valence-corrected chi connectivity index (χ0v) is 10.9. The van der Waals surface area contributed by atoms with Crippen LogP contribution in [0.15, 0.2) is 18.2 Å². The molecule has 0 aromatic heterocycles. The minimum atomic E-state index is -0.388. The molecule has 2 rings (SSSR count). The Morgan fingerprint density at radius 1 is 1.56 bits per heavy atom. The predicted molar refractivity (Wildman–Crippen MR) is 70.5 cm³/mol. The normalized spacial score (nSPS) is 24.4. The third-order valence-corrected chi connectivity index (χ3v) is 3.62. The standard InChI is InChI=1S/C12H16ClN3O2/c1-8-5-15(7-11(8)14)6-9-2-3-10(13)4-12(9)16(17)18/h2-4,8,11H,5-7,14H2,1H3. The summed E-state index contributed by atoms with van der Waals surface area (Å²) in [5, 5.41) is 11.4. The number of rotatable bonds is 3. The number of benzene rings is 1. The summed E-state index contributed by atoms with van der Waals surface area (Å²) in [5.74, 6) is 0.427. The van der Waals surface area contributed by atoms with E-state index in [2.05, 4.69) is 11.8 Å². The van der Waals surface area contributed by atoms with Crippen LogP contribution in [-0.2, 0) is 6.54 Å². The lowest BCUT2D eigenvalue weighted by atomic mass is 10.1. The molecule has 1 aromatic carbocycles. The monoisotopic (exact) mass is 269 g/mol. The van der Waals surface area contributed by atoms with Crippen LogP contribution in [0.25, 0.3) is 0 Å². The van der Waals surface area contributed by atoms with E-state index >= 15 is 0 Å². The Kier molecular flexibility index (Phi) is 3.85. The minimum absolute atomic E-state index is 0.0793. The lowest BCUT2D eigenvalue weighted by Gasteiger charge is -2.15. The summed E-state index contributed by atoms with van der Waals surface area (Å²) in [6.07, 6.45) is 0. The second kappa shape index (κ2) is 5.22. The molecule has 1 aliphatic rings. The highest BCUT2D eigenvalue weighted by molar-refractivity contribution is 6.30. The van der Waals surface area contributed by atoms with E-state index in [1.54, 1.807) is 12.1 Å². The Labute approximate surface area is 111 Å². The van der Waals surface area contributed by atoms with Gasteiger partial charge in [-0.1, -0.05) is 18.5 Å². The van der Waals surface area contributed by atoms with Crippen molar-refractivity contribution >= 4 is 17.3 Å². The smallest absolute Gasteiger partial charge is 0.275 e. The third-order valence-electron chi connectivity index (χ3n) is 3.38. The molecule has 98 valence electrons. The first-order valence-corrected chi connectivity index (χ1v) is 6.26. The van der Waals surface area contributed by atoms with Crippen LogP contribution in [0.5, 0.6) is 0 Å². The molecule has 0 aliphatic carbocycles. The van der Waals surface area contributed by atoms with Crippen LogP contribution in [0.3, 0.4) is 0 Å². The maximum atomic E-state index is 11.0. The quantitative estimate of drug-likeness (QED) is 0.673. The van der Waals surface area contributed by atoms with Gasteiger partial charge < -0.3 is 5.73 Å². The minimum Gasteiger partial charge on any atom is -0.326 e. The van der Waals surface area contributed by atoms with Crippen molar-refractivity contribution in [3.8, 4) is 0 Å². The van der Waals surface area contributed by atoms with E-state index in [0.717, 1.165) is 13.1 Å². The summed E-state index contributed by atoms with van der Waals surface area (Å²) in [6, 6.07) is 4.95. The maximum Gasteiger partial charge on any atom is 0.275 e. The molecule has 1 heterocycles. The summed E-state index contributed by atoms with van der Waals surface area (Å²) in [5.41, 5.74) is 6.71. The number of halogens is 1. The molecular formula is C12H16ClN3O2. The number of hydrogen-bond acceptors (Lipinski definition) is 4. The molecule has 0 radical (unpaired) electrons. The van der Waals surface area contributed by atoms with Gasteiger partial charge in [0.15, 0.2) is 0 Å². The molecule has 1 fully saturated rings. The Bertz CT molecular complexity index is 457. The summed E-state index contributed by atoms with van der Waals surface area (Å²) in [6.45, 7) is 4.30. The van der Waals surface area contributed by atoms with E-state index < -0.39 is 0 Å². The highest BCUT2D eigenvalue weighted by Gasteiger charge is 2.28. The van der Waals surface area contributed by atoms with E-state index in [1.165, 1.54) is 6.07 Å². The fraction of sp³-hybridized carbons (Fsp3) is 0.500. The molecule has 5 nitrogen and oxygen atoms in total. The number of nitrogens with zero attached hydrogens (tertiary/aromatic N) is 2. The lowest BCUT2D eigenvalue weighted by molar-refractivity contribution is -0.385. The van der Waals surface area contributed by atoms with Crippen LogP contribution in [-0.4, -0.2) is 29.0 Å². The Hall–Kier alpha value is -1.17. The number of nitro benzene ring substituents is 1. The van der Waals surface area contributed by atoms with Gasteiger partial charge in [-0.15, -0.1) is 0 Å².